The Bertz CT molecular complexity index is 1320. The lowest BCUT2D eigenvalue weighted by Crippen LogP contribution is -2.29. The van der Waals surface area contributed by atoms with Gasteiger partial charge in [-0.3, -0.25) is 14.2 Å². The molecule has 0 bridgehead atoms. The number of nitrogens with zero attached hydrogens (tertiary/aromatic N) is 3. The fourth-order valence-electron chi connectivity index (χ4n) is 3.68. The number of para-hydroxylation sites is 1. The maximum atomic E-state index is 13.5. The Hall–Kier alpha value is -3.41. The van der Waals surface area contributed by atoms with Gasteiger partial charge in [0.1, 0.15) is 17.0 Å². The largest absolute Gasteiger partial charge is 0.497 e. The summed E-state index contributed by atoms with van der Waals surface area (Å²) in [4.78, 5) is 31.4. The summed E-state index contributed by atoms with van der Waals surface area (Å²) >= 11 is 0. The summed E-state index contributed by atoms with van der Waals surface area (Å²) in [7, 11) is 3.45. The maximum Gasteiger partial charge on any atom is 0.267 e. The lowest BCUT2D eigenvalue weighted by Gasteiger charge is -2.16. The summed E-state index contributed by atoms with van der Waals surface area (Å²) in [5.41, 5.74) is 1.40. The molecule has 0 N–H and O–H groups in total. The number of hydrogen-bond donors (Lipinski definition) is 0. The van der Waals surface area contributed by atoms with Crippen LogP contribution in [-0.2, 0) is 13.6 Å². The van der Waals surface area contributed by atoms with E-state index in [2.05, 4.69) is 6.92 Å². The van der Waals surface area contributed by atoms with Crippen LogP contribution in [0.2, 0.25) is 0 Å². The SMILES string of the molecule is CCCCn1c(-c2ccc(OC)cc2)nc2c(c(=O)c3ccccc3n2C)c1=O. The highest BCUT2D eigenvalue weighted by Crippen LogP contribution is 2.23. The van der Waals surface area contributed by atoms with Crippen LogP contribution in [-0.4, -0.2) is 21.2 Å². The standard InChI is InChI=1S/C23H23N3O3/c1-4-5-14-26-21(15-10-12-16(29-3)13-11-15)24-22-19(23(26)28)20(27)17-8-6-7-9-18(17)25(22)2/h6-13H,4-5,14H2,1-3H3. The zero-order chi connectivity index (χ0) is 20.5. The van der Waals surface area contributed by atoms with Gasteiger partial charge in [-0.25, -0.2) is 4.98 Å². The molecule has 0 unspecified atom stereocenters. The van der Waals surface area contributed by atoms with Crippen LogP contribution in [0.3, 0.4) is 0 Å². The first-order valence-corrected chi connectivity index (χ1v) is 9.73. The van der Waals surface area contributed by atoms with Crippen LogP contribution in [0.1, 0.15) is 19.8 Å². The first-order valence-electron chi connectivity index (χ1n) is 9.73. The van der Waals surface area contributed by atoms with Gasteiger partial charge in [0.2, 0.25) is 5.43 Å². The maximum absolute atomic E-state index is 13.5. The molecule has 148 valence electrons. The molecule has 0 aliphatic heterocycles. The van der Waals surface area contributed by atoms with E-state index in [1.54, 1.807) is 17.7 Å². The van der Waals surface area contributed by atoms with E-state index in [1.807, 2.05) is 54.1 Å². The second-order valence-corrected chi connectivity index (χ2v) is 7.08. The molecule has 0 saturated carbocycles. The number of aromatic nitrogens is 3. The molecule has 6 heteroatoms. The minimum absolute atomic E-state index is 0.138. The van der Waals surface area contributed by atoms with Crippen molar-refractivity contribution in [2.45, 2.75) is 26.3 Å². The van der Waals surface area contributed by atoms with Gasteiger partial charge in [-0.05, 0) is 42.8 Å². The van der Waals surface area contributed by atoms with Gasteiger partial charge in [-0.1, -0.05) is 25.5 Å². The lowest BCUT2D eigenvalue weighted by atomic mass is 10.1. The summed E-state index contributed by atoms with van der Waals surface area (Å²) in [6, 6.07) is 14.8. The Morgan fingerprint density at radius 2 is 1.76 bits per heavy atom. The van der Waals surface area contributed by atoms with Gasteiger partial charge < -0.3 is 9.30 Å². The molecule has 0 saturated heterocycles. The van der Waals surface area contributed by atoms with Gasteiger partial charge in [0.05, 0.1) is 12.6 Å². The molecule has 0 fully saturated rings. The number of ether oxygens (including phenoxy) is 1. The molecule has 2 aromatic carbocycles. The molecule has 0 aliphatic carbocycles. The highest BCUT2D eigenvalue weighted by atomic mass is 16.5. The van der Waals surface area contributed by atoms with Crippen LogP contribution in [0.5, 0.6) is 5.75 Å². The quantitative estimate of drug-likeness (QED) is 0.488. The Balaban J connectivity index is 2.11. The Morgan fingerprint density at radius 1 is 1.03 bits per heavy atom. The van der Waals surface area contributed by atoms with Crippen LogP contribution >= 0.6 is 0 Å². The number of pyridine rings is 1. The first kappa shape index (κ1) is 18.9. The molecule has 29 heavy (non-hydrogen) atoms. The number of benzene rings is 2. The van der Waals surface area contributed by atoms with Crippen molar-refractivity contribution in [3.05, 3.63) is 69.1 Å². The van der Waals surface area contributed by atoms with E-state index >= 15 is 0 Å². The van der Waals surface area contributed by atoms with Gasteiger partial charge in [-0.2, -0.15) is 0 Å². The van der Waals surface area contributed by atoms with E-state index in [0.717, 1.165) is 29.7 Å². The minimum Gasteiger partial charge on any atom is -0.497 e. The van der Waals surface area contributed by atoms with Crippen molar-refractivity contribution in [3.63, 3.8) is 0 Å². The number of hydrogen-bond acceptors (Lipinski definition) is 4. The minimum atomic E-state index is -0.291. The van der Waals surface area contributed by atoms with Crippen LogP contribution in [0, 0.1) is 0 Å². The molecule has 4 rings (SSSR count). The van der Waals surface area contributed by atoms with Crippen molar-refractivity contribution in [2.24, 2.45) is 7.05 Å². The molecule has 2 aromatic heterocycles. The van der Waals surface area contributed by atoms with Gasteiger partial charge in [0.25, 0.3) is 5.56 Å². The van der Waals surface area contributed by atoms with Crippen molar-refractivity contribution in [1.82, 2.24) is 14.1 Å². The monoisotopic (exact) mass is 389 g/mol. The fraction of sp³-hybridized carbons (Fsp3) is 0.261. The molecule has 0 amide bonds. The van der Waals surface area contributed by atoms with Crippen molar-refractivity contribution in [1.29, 1.82) is 0 Å². The van der Waals surface area contributed by atoms with E-state index in [4.69, 9.17) is 9.72 Å². The predicted molar refractivity (Wildman–Crippen MR) is 116 cm³/mol. The molecule has 2 heterocycles. The van der Waals surface area contributed by atoms with E-state index in [0.29, 0.717) is 23.4 Å². The zero-order valence-electron chi connectivity index (χ0n) is 16.8. The Kier molecular flexibility index (Phi) is 4.92. The van der Waals surface area contributed by atoms with Gasteiger partial charge in [0.15, 0.2) is 5.65 Å². The molecule has 0 spiro atoms. The average Bonchev–Trinajstić information content (AvgIpc) is 2.76. The highest BCUT2D eigenvalue weighted by Gasteiger charge is 2.18. The number of methoxy groups -OCH3 is 1. The van der Waals surface area contributed by atoms with Crippen LogP contribution in [0.4, 0.5) is 0 Å². The highest BCUT2D eigenvalue weighted by molar-refractivity contribution is 5.91. The summed E-state index contributed by atoms with van der Waals surface area (Å²) in [6.07, 6.45) is 1.76. The number of fused-ring (bicyclic) bond motifs is 2. The van der Waals surface area contributed by atoms with Gasteiger partial charge in [-0.15, -0.1) is 0 Å². The second kappa shape index (κ2) is 7.54. The summed E-state index contributed by atoms with van der Waals surface area (Å²) in [5, 5.41) is 0.667. The summed E-state index contributed by atoms with van der Waals surface area (Å²) < 4.78 is 8.70. The normalized spacial score (nSPS) is 11.3. The Labute approximate surface area is 168 Å². The fourth-order valence-corrected chi connectivity index (χ4v) is 3.68. The smallest absolute Gasteiger partial charge is 0.267 e. The number of aryl methyl sites for hydroxylation is 1. The van der Waals surface area contributed by atoms with E-state index in [9.17, 15) is 9.59 Å². The zero-order valence-corrected chi connectivity index (χ0v) is 16.8. The average molecular weight is 389 g/mol. The summed E-state index contributed by atoms with van der Waals surface area (Å²) in [6.45, 7) is 2.58. The van der Waals surface area contributed by atoms with Crippen LogP contribution in [0.25, 0.3) is 33.3 Å². The first-order chi connectivity index (χ1) is 14.1. The third-order valence-corrected chi connectivity index (χ3v) is 5.29. The summed E-state index contributed by atoms with van der Waals surface area (Å²) in [5.74, 6) is 1.29. The van der Waals surface area contributed by atoms with E-state index in [-0.39, 0.29) is 16.4 Å². The van der Waals surface area contributed by atoms with Crippen molar-refractivity contribution in [3.8, 4) is 17.1 Å². The predicted octanol–water partition coefficient (Wildman–Crippen LogP) is 3.72. The van der Waals surface area contributed by atoms with Gasteiger partial charge in [0, 0.05) is 24.5 Å². The molecular weight excluding hydrogens is 366 g/mol. The second-order valence-electron chi connectivity index (χ2n) is 7.08. The number of unbranched alkanes of at least 4 members (excludes halogenated alkanes) is 1. The van der Waals surface area contributed by atoms with Crippen LogP contribution in [0.15, 0.2) is 58.1 Å². The van der Waals surface area contributed by atoms with Gasteiger partial charge >= 0.3 is 0 Å². The third kappa shape index (κ3) is 3.10. The molecule has 4 aromatic rings. The lowest BCUT2D eigenvalue weighted by molar-refractivity contribution is 0.415. The van der Waals surface area contributed by atoms with Crippen molar-refractivity contribution >= 4 is 21.9 Å². The molecule has 0 aliphatic rings. The van der Waals surface area contributed by atoms with Crippen molar-refractivity contribution < 1.29 is 4.74 Å². The number of rotatable bonds is 5. The van der Waals surface area contributed by atoms with Crippen LogP contribution < -0.4 is 15.7 Å². The topological polar surface area (TPSA) is 66.1 Å². The van der Waals surface area contributed by atoms with E-state index < -0.39 is 0 Å². The van der Waals surface area contributed by atoms with Crippen molar-refractivity contribution in [2.75, 3.05) is 7.11 Å². The molecule has 0 atom stereocenters. The Morgan fingerprint density at radius 3 is 2.45 bits per heavy atom. The molecule has 0 radical (unpaired) electrons. The van der Waals surface area contributed by atoms with E-state index in [1.165, 1.54) is 0 Å². The molecular formula is C23H23N3O3. The molecule has 6 nitrogen and oxygen atoms in total. The third-order valence-electron chi connectivity index (χ3n) is 5.29.